The molecule has 0 radical (unpaired) electrons. The van der Waals surface area contributed by atoms with Crippen LogP contribution in [0.1, 0.15) is 37.6 Å². The van der Waals surface area contributed by atoms with E-state index in [0.717, 1.165) is 18.7 Å². The van der Waals surface area contributed by atoms with Crippen molar-refractivity contribution < 1.29 is 14.3 Å². The number of rotatable bonds is 4. The number of hydrogen-bond acceptors (Lipinski definition) is 5. The van der Waals surface area contributed by atoms with Crippen LogP contribution in [0.25, 0.3) is 0 Å². The smallest absolute Gasteiger partial charge is 0.340 e. The van der Waals surface area contributed by atoms with Crippen LogP contribution >= 0.6 is 0 Å². The van der Waals surface area contributed by atoms with E-state index in [-0.39, 0.29) is 18.1 Å². The fourth-order valence-electron chi connectivity index (χ4n) is 2.65. The van der Waals surface area contributed by atoms with E-state index in [1.54, 1.807) is 13.0 Å². The number of carbonyl (C=O) groups is 1. The summed E-state index contributed by atoms with van der Waals surface area (Å²) in [4.78, 5) is 14.4. The number of anilines is 2. The van der Waals surface area contributed by atoms with Gasteiger partial charge in [0.2, 0.25) is 0 Å². The molecule has 5 heteroatoms. The number of ether oxygens (including phenoxy) is 2. The largest absolute Gasteiger partial charge is 0.462 e. The zero-order valence-electron chi connectivity index (χ0n) is 13.0. The van der Waals surface area contributed by atoms with Gasteiger partial charge in [-0.1, -0.05) is 6.92 Å². The normalized spacial score (nSPS) is 22.1. The highest BCUT2D eigenvalue weighted by molar-refractivity contribution is 5.97. The standard InChI is InChI=1S/C16H24N2O3/c1-4-13-10-21-11(3)9-18(13)15-7-6-12(17)8-14(15)16(19)20-5-2/h6-8,11,13H,4-5,9-10,17H2,1-3H3. The maximum absolute atomic E-state index is 12.2. The van der Waals surface area contributed by atoms with E-state index < -0.39 is 0 Å². The van der Waals surface area contributed by atoms with E-state index >= 15 is 0 Å². The fraction of sp³-hybridized carbons (Fsp3) is 0.562. The molecule has 0 spiro atoms. The average Bonchev–Trinajstić information content (AvgIpc) is 2.47. The van der Waals surface area contributed by atoms with Crippen molar-refractivity contribution in [3.8, 4) is 0 Å². The number of esters is 1. The summed E-state index contributed by atoms with van der Waals surface area (Å²) >= 11 is 0. The van der Waals surface area contributed by atoms with Crippen molar-refractivity contribution in [2.75, 3.05) is 30.4 Å². The third-order valence-corrected chi connectivity index (χ3v) is 3.76. The number of benzene rings is 1. The quantitative estimate of drug-likeness (QED) is 0.682. The van der Waals surface area contributed by atoms with Gasteiger partial charge in [0.25, 0.3) is 0 Å². The van der Waals surface area contributed by atoms with E-state index in [4.69, 9.17) is 15.2 Å². The van der Waals surface area contributed by atoms with Gasteiger partial charge in [0.1, 0.15) is 0 Å². The Kier molecular flexibility index (Phi) is 5.07. The van der Waals surface area contributed by atoms with E-state index in [0.29, 0.717) is 24.5 Å². The summed E-state index contributed by atoms with van der Waals surface area (Å²) in [6.45, 7) is 7.75. The summed E-state index contributed by atoms with van der Waals surface area (Å²) < 4.78 is 10.9. The Labute approximate surface area is 126 Å². The number of morpholine rings is 1. The van der Waals surface area contributed by atoms with E-state index in [9.17, 15) is 4.79 Å². The lowest BCUT2D eigenvalue weighted by atomic mass is 10.1. The molecule has 0 aromatic heterocycles. The number of nitrogens with zero attached hydrogens (tertiary/aromatic N) is 1. The van der Waals surface area contributed by atoms with Gasteiger partial charge < -0.3 is 20.1 Å². The Morgan fingerprint density at radius 3 is 2.90 bits per heavy atom. The Balaban J connectivity index is 2.38. The molecule has 2 rings (SSSR count). The zero-order valence-corrected chi connectivity index (χ0v) is 13.0. The Bertz CT molecular complexity index is 504. The van der Waals surface area contributed by atoms with Crippen LogP contribution in [-0.2, 0) is 9.47 Å². The SMILES string of the molecule is CCOC(=O)c1cc(N)ccc1N1CC(C)OCC1CC. The number of hydrogen-bond donors (Lipinski definition) is 1. The average molecular weight is 292 g/mol. The summed E-state index contributed by atoms with van der Waals surface area (Å²) in [5.41, 5.74) is 7.81. The van der Waals surface area contributed by atoms with Crippen LogP contribution in [0.3, 0.4) is 0 Å². The molecular weight excluding hydrogens is 268 g/mol. The van der Waals surface area contributed by atoms with Gasteiger partial charge in [0.05, 0.1) is 36.6 Å². The molecule has 21 heavy (non-hydrogen) atoms. The van der Waals surface area contributed by atoms with Crippen LogP contribution in [0, 0.1) is 0 Å². The first-order valence-corrected chi connectivity index (χ1v) is 7.51. The van der Waals surface area contributed by atoms with Gasteiger partial charge in [-0.15, -0.1) is 0 Å². The number of carbonyl (C=O) groups excluding carboxylic acids is 1. The van der Waals surface area contributed by atoms with Crippen molar-refractivity contribution in [3.63, 3.8) is 0 Å². The van der Waals surface area contributed by atoms with Crippen molar-refractivity contribution >= 4 is 17.3 Å². The van der Waals surface area contributed by atoms with Crippen molar-refractivity contribution in [1.82, 2.24) is 0 Å². The highest BCUT2D eigenvalue weighted by Gasteiger charge is 2.29. The third kappa shape index (κ3) is 3.47. The van der Waals surface area contributed by atoms with E-state index in [1.807, 2.05) is 19.1 Å². The molecule has 1 heterocycles. The summed E-state index contributed by atoms with van der Waals surface area (Å²) in [5, 5.41) is 0. The minimum absolute atomic E-state index is 0.139. The van der Waals surface area contributed by atoms with Crippen LogP contribution in [0.4, 0.5) is 11.4 Å². The summed E-state index contributed by atoms with van der Waals surface area (Å²) in [5.74, 6) is -0.325. The Morgan fingerprint density at radius 2 is 2.24 bits per heavy atom. The molecule has 2 unspecified atom stereocenters. The van der Waals surface area contributed by atoms with Gasteiger partial charge in [-0.25, -0.2) is 4.79 Å². The molecule has 0 aliphatic carbocycles. The number of nitrogen functional groups attached to an aromatic ring is 1. The molecule has 1 aromatic carbocycles. The Morgan fingerprint density at radius 1 is 1.48 bits per heavy atom. The van der Waals surface area contributed by atoms with Crippen molar-refractivity contribution in [2.24, 2.45) is 0 Å². The lowest BCUT2D eigenvalue weighted by Gasteiger charge is -2.40. The van der Waals surface area contributed by atoms with Crippen LogP contribution in [0.15, 0.2) is 18.2 Å². The fourth-order valence-corrected chi connectivity index (χ4v) is 2.65. The minimum Gasteiger partial charge on any atom is -0.462 e. The molecule has 1 fully saturated rings. The molecule has 0 saturated carbocycles. The second-order valence-electron chi connectivity index (χ2n) is 5.36. The maximum Gasteiger partial charge on any atom is 0.340 e. The molecule has 0 bridgehead atoms. The van der Waals surface area contributed by atoms with Gasteiger partial charge in [0.15, 0.2) is 0 Å². The lowest BCUT2D eigenvalue weighted by molar-refractivity contribution is 0.0295. The summed E-state index contributed by atoms with van der Waals surface area (Å²) in [6.07, 6.45) is 1.10. The first-order valence-electron chi connectivity index (χ1n) is 7.51. The first kappa shape index (κ1) is 15.6. The third-order valence-electron chi connectivity index (χ3n) is 3.76. The van der Waals surface area contributed by atoms with Crippen molar-refractivity contribution in [3.05, 3.63) is 23.8 Å². The second-order valence-corrected chi connectivity index (χ2v) is 5.36. The topological polar surface area (TPSA) is 64.8 Å². The van der Waals surface area contributed by atoms with Gasteiger partial charge >= 0.3 is 5.97 Å². The van der Waals surface area contributed by atoms with Crippen LogP contribution in [0.5, 0.6) is 0 Å². The molecule has 5 nitrogen and oxygen atoms in total. The Hall–Kier alpha value is -1.75. The molecule has 1 aliphatic heterocycles. The molecule has 2 N–H and O–H groups in total. The highest BCUT2D eigenvalue weighted by Crippen LogP contribution is 2.29. The molecule has 2 atom stereocenters. The molecule has 1 saturated heterocycles. The second kappa shape index (κ2) is 6.80. The molecular formula is C16H24N2O3. The van der Waals surface area contributed by atoms with Crippen LogP contribution in [-0.4, -0.2) is 37.9 Å². The summed E-state index contributed by atoms with van der Waals surface area (Å²) in [6, 6.07) is 5.69. The van der Waals surface area contributed by atoms with E-state index in [2.05, 4.69) is 11.8 Å². The van der Waals surface area contributed by atoms with Gasteiger partial charge in [-0.3, -0.25) is 0 Å². The minimum atomic E-state index is -0.325. The van der Waals surface area contributed by atoms with E-state index in [1.165, 1.54) is 0 Å². The van der Waals surface area contributed by atoms with Crippen molar-refractivity contribution in [2.45, 2.75) is 39.3 Å². The van der Waals surface area contributed by atoms with Crippen LogP contribution < -0.4 is 10.6 Å². The van der Waals surface area contributed by atoms with Gasteiger partial charge in [-0.05, 0) is 38.5 Å². The highest BCUT2D eigenvalue weighted by atomic mass is 16.5. The molecule has 1 aromatic rings. The predicted octanol–water partition coefficient (Wildman–Crippen LogP) is 2.45. The lowest BCUT2D eigenvalue weighted by Crippen LogP contribution is -2.49. The first-order chi connectivity index (χ1) is 10.1. The van der Waals surface area contributed by atoms with Gasteiger partial charge in [-0.2, -0.15) is 0 Å². The number of nitrogens with two attached hydrogens (primary N) is 1. The molecule has 1 aliphatic rings. The predicted molar refractivity (Wildman–Crippen MR) is 83.6 cm³/mol. The van der Waals surface area contributed by atoms with Crippen molar-refractivity contribution in [1.29, 1.82) is 0 Å². The van der Waals surface area contributed by atoms with Crippen LogP contribution in [0.2, 0.25) is 0 Å². The molecule has 0 amide bonds. The summed E-state index contributed by atoms with van der Waals surface area (Å²) in [7, 11) is 0. The zero-order chi connectivity index (χ0) is 15.4. The molecule has 116 valence electrons. The monoisotopic (exact) mass is 292 g/mol. The van der Waals surface area contributed by atoms with Gasteiger partial charge in [0, 0.05) is 12.2 Å². The maximum atomic E-state index is 12.2.